The summed E-state index contributed by atoms with van der Waals surface area (Å²) in [4.78, 5) is 2.79. The molecule has 0 aromatic heterocycles. The van der Waals surface area contributed by atoms with Gasteiger partial charge in [-0.15, -0.1) is 12.4 Å². The van der Waals surface area contributed by atoms with Crippen molar-refractivity contribution in [3.8, 4) is 0 Å². The van der Waals surface area contributed by atoms with Gasteiger partial charge in [0.25, 0.3) is 0 Å². The molecule has 0 aromatic carbocycles. The van der Waals surface area contributed by atoms with Gasteiger partial charge in [-0.3, -0.25) is 4.90 Å². The molecule has 0 spiro atoms. The molecule has 2 aliphatic heterocycles. The first-order valence-electron chi connectivity index (χ1n) is 6.42. The Hall–Kier alpha value is 0.210. The normalized spacial score (nSPS) is 37.6. The van der Waals surface area contributed by atoms with Gasteiger partial charge in [0, 0.05) is 31.2 Å². The molecule has 2 unspecified atom stereocenters. The summed E-state index contributed by atoms with van der Waals surface area (Å²) in [5.41, 5.74) is 0. The zero-order chi connectivity index (χ0) is 9.38. The standard InChI is InChI=1S/C12H22N2.ClH/c1-2-7-12(6-1)14-8-10-4-3-5-11(9-14)13-10;/h10-13H,1-9H2;1H. The van der Waals surface area contributed by atoms with Crippen LogP contribution in [-0.2, 0) is 0 Å². The molecule has 15 heavy (non-hydrogen) atoms. The van der Waals surface area contributed by atoms with Gasteiger partial charge >= 0.3 is 0 Å². The number of hydrogen-bond donors (Lipinski definition) is 1. The van der Waals surface area contributed by atoms with Gasteiger partial charge in [-0.05, 0) is 25.7 Å². The van der Waals surface area contributed by atoms with Gasteiger partial charge < -0.3 is 5.32 Å². The fourth-order valence-electron chi connectivity index (χ4n) is 3.61. The van der Waals surface area contributed by atoms with E-state index in [-0.39, 0.29) is 12.4 Å². The van der Waals surface area contributed by atoms with Gasteiger partial charge in [0.15, 0.2) is 0 Å². The van der Waals surface area contributed by atoms with Gasteiger partial charge in [0.05, 0.1) is 0 Å². The Bertz CT molecular complexity index is 192. The van der Waals surface area contributed by atoms with Crippen LogP contribution in [0.25, 0.3) is 0 Å². The Morgan fingerprint density at radius 1 is 0.800 bits per heavy atom. The maximum absolute atomic E-state index is 3.76. The van der Waals surface area contributed by atoms with Gasteiger partial charge in [-0.25, -0.2) is 0 Å². The molecule has 3 aliphatic rings. The fourth-order valence-corrected chi connectivity index (χ4v) is 3.61. The molecule has 2 saturated heterocycles. The second-order valence-corrected chi connectivity index (χ2v) is 5.38. The highest BCUT2D eigenvalue weighted by Crippen LogP contribution is 2.28. The van der Waals surface area contributed by atoms with Crippen molar-refractivity contribution in [1.82, 2.24) is 10.2 Å². The van der Waals surface area contributed by atoms with E-state index in [9.17, 15) is 0 Å². The van der Waals surface area contributed by atoms with Crippen LogP contribution < -0.4 is 5.32 Å². The van der Waals surface area contributed by atoms with Crippen molar-refractivity contribution in [3.05, 3.63) is 0 Å². The van der Waals surface area contributed by atoms with Crippen LogP contribution in [0.2, 0.25) is 0 Å². The molecule has 0 aromatic rings. The Kier molecular flexibility index (Phi) is 3.92. The van der Waals surface area contributed by atoms with Crippen molar-refractivity contribution in [3.63, 3.8) is 0 Å². The zero-order valence-electron chi connectivity index (χ0n) is 9.45. The molecule has 0 radical (unpaired) electrons. The highest BCUT2D eigenvalue weighted by molar-refractivity contribution is 5.85. The highest BCUT2D eigenvalue weighted by Gasteiger charge is 2.33. The van der Waals surface area contributed by atoms with E-state index in [0.717, 1.165) is 18.1 Å². The predicted molar refractivity (Wildman–Crippen MR) is 65.6 cm³/mol. The van der Waals surface area contributed by atoms with Crippen LogP contribution in [0.3, 0.4) is 0 Å². The van der Waals surface area contributed by atoms with E-state index in [0.29, 0.717) is 0 Å². The van der Waals surface area contributed by atoms with Crippen LogP contribution in [0, 0.1) is 0 Å². The number of nitrogens with one attached hydrogen (secondary N) is 1. The van der Waals surface area contributed by atoms with Crippen LogP contribution >= 0.6 is 12.4 Å². The zero-order valence-corrected chi connectivity index (χ0v) is 10.3. The van der Waals surface area contributed by atoms with E-state index in [2.05, 4.69) is 10.2 Å². The van der Waals surface area contributed by atoms with E-state index in [1.165, 1.54) is 58.0 Å². The SMILES string of the molecule is C1CC2CN(C3CCCC3)CC(C1)N2.Cl. The summed E-state index contributed by atoms with van der Waals surface area (Å²) in [5, 5.41) is 3.76. The van der Waals surface area contributed by atoms with Crippen molar-refractivity contribution in [1.29, 1.82) is 0 Å². The third kappa shape index (κ3) is 2.48. The number of piperazine rings is 1. The maximum atomic E-state index is 3.76. The molecule has 2 atom stereocenters. The van der Waals surface area contributed by atoms with Crippen molar-refractivity contribution in [2.75, 3.05) is 13.1 Å². The summed E-state index contributed by atoms with van der Waals surface area (Å²) in [5.74, 6) is 0. The van der Waals surface area contributed by atoms with Crippen LogP contribution in [0.15, 0.2) is 0 Å². The van der Waals surface area contributed by atoms with Gasteiger partial charge in [-0.1, -0.05) is 19.3 Å². The summed E-state index contributed by atoms with van der Waals surface area (Å²) < 4.78 is 0. The molecule has 3 heteroatoms. The number of nitrogens with zero attached hydrogens (tertiary/aromatic N) is 1. The molecule has 1 aliphatic carbocycles. The van der Waals surface area contributed by atoms with Gasteiger partial charge in [-0.2, -0.15) is 0 Å². The molecule has 2 bridgehead atoms. The molecule has 3 rings (SSSR count). The van der Waals surface area contributed by atoms with E-state index in [4.69, 9.17) is 0 Å². The molecule has 1 N–H and O–H groups in total. The quantitative estimate of drug-likeness (QED) is 0.743. The Morgan fingerprint density at radius 2 is 1.40 bits per heavy atom. The molecule has 1 saturated carbocycles. The first kappa shape index (κ1) is 11.7. The van der Waals surface area contributed by atoms with Crippen molar-refractivity contribution < 1.29 is 0 Å². The summed E-state index contributed by atoms with van der Waals surface area (Å²) in [7, 11) is 0. The third-order valence-corrected chi connectivity index (χ3v) is 4.33. The average Bonchev–Trinajstić information content (AvgIpc) is 2.69. The van der Waals surface area contributed by atoms with Crippen LogP contribution in [0.4, 0.5) is 0 Å². The molecule has 0 amide bonds. The van der Waals surface area contributed by atoms with E-state index in [1.54, 1.807) is 0 Å². The van der Waals surface area contributed by atoms with Crippen molar-refractivity contribution in [2.24, 2.45) is 0 Å². The molecule has 88 valence electrons. The lowest BCUT2D eigenvalue weighted by Gasteiger charge is -2.45. The number of piperidine rings is 1. The van der Waals surface area contributed by atoms with E-state index >= 15 is 0 Å². The summed E-state index contributed by atoms with van der Waals surface area (Å²) in [6, 6.07) is 2.59. The second kappa shape index (κ2) is 5.03. The number of fused-ring (bicyclic) bond motifs is 2. The molecule has 2 heterocycles. The molecular weight excluding hydrogens is 208 g/mol. The smallest absolute Gasteiger partial charge is 0.0198 e. The third-order valence-electron chi connectivity index (χ3n) is 4.33. The number of hydrogen-bond acceptors (Lipinski definition) is 2. The number of likely N-dealkylation sites (tertiary alicyclic amines) is 1. The lowest BCUT2D eigenvalue weighted by atomic mass is 9.93. The fraction of sp³-hybridized carbons (Fsp3) is 1.00. The Morgan fingerprint density at radius 3 is 2.00 bits per heavy atom. The second-order valence-electron chi connectivity index (χ2n) is 5.38. The van der Waals surface area contributed by atoms with Crippen LogP contribution in [0.1, 0.15) is 44.9 Å². The lowest BCUT2D eigenvalue weighted by Crippen LogP contribution is -2.60. The lowest BCUT2D eigenvalue weighted by molar-refractivity contribution is 0.0885. The number of halogens is 1. The predicted octanol–water partition coefficient (Wildman–Crippen LogP) is 2.18. The molecule has 2 nitrogen and oxygen atoms in total. The van der Waals surface area contributed by atoms with Gasteiger partial charge in [0.2, 0.25) is 0 Å². The number of rotatable bonds is 1. The van der Waals surface area contributed by atoms with Crippen molar-refractivity contribution >= 4 is 12.4 Å². The minimum atomic E-state index is 0. The van der Waals surface area contributed by atoms with Crippen LogP contribution in [-0.4, -0.2) is 36.1 Å². The minimum absolute atomic E-state index is 0. The maximum Gasteiger partial charge on any atom is 0.0198 e. The van der Waals surface area contributed by atoms with Gasteiger partial charge in [0.1, 0.15) is 0 Å². The molecular formula is C12H23ClN2. The summed E-state index contributed by atoms with van der Waals surface area (Å²) in [6.07, 6.45) is 10.2. The highest BCUT2D eigenvalue weighted by atomic mass is 35.5. The van der Waals surface area contributed by atoms with E-state index in [1.807, 2.05) is 0 Å². The monoisotopic (exact) mass is 230 g/mol. The summed E-state index contributed by atoms with van der Waals surface area (Å²) in [6.45, 7) is 2.67. The average molecular weight is 231 g/mol. The molecule has 3 fully saturated rings. The minimum Gasteiger partial charge on any atom is -0.309 e. The largest absolute Gasteiger partial charge is 0.309 e. The van der Waals surface area contributed by atoms with Crippen LogP contribution in [0.5, 0.6) is 0 Å². The van der Waals surface area contributed by atoms with E-state index < -0.39 is 0 Å². The summed E-state index contributed by atoms with van der Waals surface area (Å²) >= 11 is 0. The Labute approximate surface area is 99.2 Å². The first-order valence-corrected chi connectivity index (χ1v) is 6.42. The Balaban J connectivity index is 0.000000853. The van der Waals surface area contributed by atoms with Crippen molar-refractivity contribution in [2.45, 2.75) is 63.1 Å². The first-order chi connectivity index (χ1) is 6.92. The topological polar surface area (TPSA) is 15.3 Å².